The number of rotatable bonds is 5. The number of phenolic OH excluding ortho intramolecular Hbond substituents is 1. The van der Waals surface area contributed by atoms with Crippen molar-refractivity contribution in [3.05, 3.63) is 89.1 Å². The number of anilines is 2. The Labute approximate surface area is 205 Å². The predicted octanol–water partition coefficient (Wildman–Crippen LogP) is 6.17. The molecule has 0 amide bonds. The summed E-state index contributed by atoms with van der Waals surface area (Å²) < 4.78 is 11.0. The van der Waals surface area contributed by atoms with Crippen LogP contribution >= 0.6 is 0 Å². The molecular formula is C29H30N2O4. The number of ketones is 1. The average Bonchev–Trinajstić information content (AvgIpc) is 3.01. The summed E-state index contributed by atoms with van der Waals surface area (Å²) in [6.07, 6.45) is 1.24. The number of para-hydroxylation sites is 2. The van der Waals surface area contributed by atoms with Gasteiger partial charge in [0.1, 0.15) is 5.75 Å². The Kier molecular flexibility index (Phi) is 6.12. The summed E-state index contributed by atoms with van der Waals surface area (Å²) in [6, 6.07) is 20.9. The topological polar surface area (TPSA) is 79.8 Å². The van der Waals surface area contributed by atoms with E-state index in [1.54, 1.807) is 12.1 Å². The van der Waals surface area contributed by atoms with Gasteiger partial charge in [-0.2, -0.15) is 0 Å². The molecule has 0 bridgehead atoms. The highest BCUT2D eigenvalue weighted by atomic mass is 16.5. The van der Waals surface area contributed by atoms with Crippen molar-refractivity contribution in [3.63, 3.8) is 0 Å². The molecule has 35 heavy (non-hydrogen) atoms. The molecule has 6 nitrogen and oxygen atoms in total. The molecule has 0 spiro atoms. The van der Waals surface area contributed by atoms with Gasteiger partial charge >= 0.3 is 0 Å². The third-order valence-corrected chi connectivity index (χ3v) is 6.57. The fourth-order valence-corrected chi connectivity index (χ4v) is 4.96. The number of ether oxygens (including phenoxy) is 2. The van der Waals surface area contributed by atoms with Crippen LogP contribution in [0, 0.1) is 0 Å². The van der Waals surface area contributed by atoms with Gasteiger partial charge in [0.15, 0.2) is 17.3 Å². The standard InChI is InChI=1S/C29H30N2O4/c1-17(2)35-21-11-8-18(9-12-21)20-14-24-28(26(33)16-20)29(19-10-13-27(34-3)25(32)15-19)31-23-7-5-4-6-22(23)30-24/h4-13,15,17,20,29-32H,14,16H2,1-3H3. The van der Waals surface area contributed by atoms with Crippen molar-refractivity contribution in [2.75, 3.05) is 17.7 Å². The number of methoxy groups -OCH3 is 1. The molecular weight excluding hydrogens is 440 g/mol. The van der Waals surface area contributed by atoms with Gasteiger partial charge in [0, 0.05) is 17.7 Å². The molecule has 1 aliphatic heterocycles. The van der Waals surface area contributed by atoms with E-state index < -0.39 is 6.04 Å². The lowest BCUT2D eigenvalue weighted by atomic mass is 9.78. The van der Waals surface area contributed by atoms with E-state index in [2.05, 4.69) is 22.8 Å². The first kappa shape index (κ1) is 22.8. The Morgan fingerprint density at radius 1 is 0.943 bits per heavy atom. The number of phenols is 1. The van der Waals surface area contributed by atoms with E-state index in [9.17, 15) is 9.90 Å². The van der Waals surface area contributed by atoms with Crippen LogP contribution in [0.15, 0.2) is 78.0 Å². The second-order valence-corrected chi connectivity index (χ2v) is 9.34. The molecule has 3 aromatic carbocycles. The van der Waals surface area contributed by atoms with Gasteiger partial charge in [-0.1, -0.05) is 30.3 Å². The van der Waals surface area contributed by atoms with Crippen LogP contribution in [0.1, 0.15) is 49.8 Å². The molecule has 0 radical (unpaired) electrons. The van der Waals surface area contributed by atoms with Crippen LogP contribution in [-0.4, -0.2) is 24.1 Å². The second-order valence-electron chi connectivity index (χ2n) is 9.34. The maximum atomic E-state index is 13.7. The van der Waals surface area contributed by atoms with E-state index in [1.807, 2.05) is 56.3 Å². The third-order valence-electron chi connectivity index (χ3n) is 6.57. The first-order valence-electron chi connectivity index (χ1n) is 11.9. The SMILES string of the molecule is COc1ccc(C2Nc3ccccc3NC3=C2C(=O)CC(c2ccc(OC(C)C)cc2)C3)cc1O. The monoisotopic (exact) mass is 470 g/mol. The lowest BCUT2D eigenvalue weighted by Crippen LogP contribution is -2.26. The smallest absolute Gasteiger partial charge is 0.163 e. The van der Waals surface area contributed by atoms with E-state index in [0.29, 0.717) is 24.2 Å². The Morgan fingerprint density at radius 2 is 1.66 bits per heavy atom. The van der Waals surface area contributed by atoms with Crippen molar-refractivity contribution < 1.29 is 19.4 Å². The van der Waals surface area contributed by atoms with Crippen LogP contribution in [0.4, 0.5) is 11.4 Å². The Balaban J connectivity index is 1.53. The number of carbonyl (C=O) groups excluding carboxylic acids is 1. The molecule has 0 saturated heterocycles. The minimum Gasteiger partial charge on any atom is -0.504 e. The number of hydrogen-bond acceptors (Lipinski definition) is 6. The summed E-state index contributed by atoms with van der Waals surface area (Å²) in [5.41, 5.74) is 5.37. The minimum absolute atomic E-state index is 0.0456. The van der Waals surface area contributed by atoms with Gasteiger partial charge in [-0.25, -0.2) is 0 Å². The zero-order valence-electron chi connectivity index (χ0n) is 20.2. The summed E-state index contributed by atoms with van der Waals surface area (Å²) in [6.45, 7) is 4.01. The number of fused-ring (bicyclic) bond motifs is 1. The summed E-state index contributed by atoms with van der Waals surface area (Å²) in [4.78, 5) is 13.7. The van der Waals surface area contributed by atoms with Crippen molar-refractivity contribution in [2.45, 2.75) is 44.8 Å². The van der Waals surface area contributed by atoms with Crippen LogP contribution in [0.2, 0.25) is 0 Å². The molecule has 2 unspecified atom stereocenters. The molecule has 2 atom stereocenters. The molecule has 3 N–H and O–H groups in total. The van der Waals surface area contributed by atoms with E-state index in [1.165, 1.54) is 7.11 Å². The van der Waals surface area contributed by atoms with Crippen LogP contribution in [0.3, 0.4) is 0 Å². The number of allylic oxidation sites excluding steroid dienone is 1. The molecule has 6 heteroatoms. The van der Waals surface area contributed by atoms with Gasteiger partial charge in [0.05, 0.1) is 30.6 Å². The number of nitrogens with one attached hydrogen (secondary N) is 2. The zero-order chi connectivity index (χ0) is 24.5. The van der Waals surface area contributed by atoms with E-state index in [0.717, 1.165) is 33.9 Å². The summed E-state index contributed by atoms with van der Waals surface area (Å²) in [5, 5.41) is 17.5. The van der Waals surface area contributed by atoms with Crippen LogP contribution in [-0.2, 0) is 4.79 Å². The van der Waals surface area contributed by atoms with E-state index in [4.69, 9.17) is 9.47 Å². The summed E-state index contributed by atoms with van der Waals surface area (Å²) >= 11 is 0. The lowest BCUT2D eigenvalue weighted by Gasteiger charge is -2.30. The van der Waals surface area contributed by atoms with Crippen LogP contribution < -0.4 is 20.1 Å². The lowest BCUT2D eigenvalue weighted by molar-refractivity contribution is -0.116. The van der Waals surface area contributed by atoms with Crippen molar-refractivity contribution in [1.82, 2.24) is 0 Å². The Bertz CT molecular complexity index is 1280. The van der Waals surface area contributed by atoms with Gasteiger partial charge in [-0.05, 0) is 73.7 Å². The van der Waals surface area contributed by atoms with Crippen molar-refractivity contribution in [3.8, 4) is 17.2 Å². The Morgan fingerprint density at radius 3 is 2.34 bits per heavy atom. The Hall–Kier alpha value is -3.93. The highest BCUT2D eigenvalue weighted by molar-refractivity contribution is 6.01. The third kappa shape index (κ3) is 4.56. The first-order valence-corrected chi connectivity index (χ1v) is 11.9. The minimum atomic E-state index is -0.395. The van der Waals surface area contributed by atoms with E-state index >= 15 is 0 Å². The van der Waals surface area contributed by atoms with Gasteiger partial charge < -0.3 is 25.2 Å². The number of Topliss-reactive ketones (excluding diaryl/α,β-unsaturated/α-hetero) is 1. The number of hydrogen-bond donors (Lipinski definition) is 3. The molecule has 180 valence electrons. The van der Waals surface area contributed by atoms with Crippen molar-refractivity contribution in [2.24, 2.45) is 0 Å². The van der Waals surface area contributed by atoms with Gasteiger partial charge in [-0.15, -0.1) is 0 Å². The number of carbonyl (C=O) groups is 1. The molecule has 5 rings (SSSR count). The van der Waals surface area contributed by atoms with Crippen LogP contribution in [0.5, 0.6) is 17.2 Å². The second kappa shape index (κ2) is 9.37. The molecule has 3 aromatic rings. The molecule has 0 fully saturated rings. The summed E-state index contributed by atoms with van der Waals surface area (Å²) in [7, 11) is 1.52. The van der Waals surface area contributed by atoms with Gasteiger partial charge in [0.25, 0.3) is 0 Å². The molecule has 0 saturated carbocycles. The zero-order valence-corrected chi connectivity index (χ0v) is 20.2. The highest BCUT2D eigenvalue weighted by Crippen LogP contribution is 2.45. The summed E-state index contributed by atoms with van der Waals surface area (Å²) in [5.74, 6) is 1.43. The number of aromatic hydroxyl groups is 1. The maximum absolute atomic E-state index is 13.7. The van der Waals surface area contributed by atoms with Crippen molar-refractivity contribution >= 4 is 17.2 Å². The first-order chi connectivity index (χ1) is 16.9. The molecule has 1 heterocycles. The van der Waals surface area contributed by atoms with E-state index in [-0.39, 0.29) is 23.6 Å². The predicted molar refractivity (Wildman–Crippen MR) is 137 cm³/mol. The maximum Gasteiger partial charge on any atom is 0.163 e. The van der Waals surface area contributed by atoms with Gasteiger partial charge in [-0.3, -0.25) is 4.79 Å². The number of benzene rings is 3. The molecule has 1 aliphatic carbocycles. The largest absolute Gasteiger partial charge is 0.504 e. The molecule has 2 aliphatic rings. The van der Waals surface area contributed by atoms with Crippen molar-refractivity contribution in [1.29, 1.82) is 0 Å². The normalized spacial score (nSPS) is 19.3. The fourth-order valence-electron chi connectivity index (χ4n) is 4.96. The quantitative estimate of drug-likeness (QED) is 0.414. The average molecular weight is 471 g/mol. The molecule has 0 aromatic heterocycles. The van der Waals surface area contributed by atoms with Gasteiger partial charge in [0.2, 0.25) is 0 Å². The van der Waals surface area contributed by atoms with Crippen LogP contribution in [0.25, 0.3) is 0 Å². The fraction of sp³-hybridized carbons (Fsp3) is 0.276. The highest BCUT2D eigenvalue weighted by Gasteiger charge is 2.36.